The van der Waals surface area contributed by atoms with Crippen LogP contribution >= 0.6 is 28.3 Å². The monoisotopic (exact) mass is 318 g/mol. The molecule has 5 heteroatoms. The van der Waals surface area contributed by atoms with Gasteiger partial charge in [-0.25, -0.2) is 0 Å². The van der Waals surface area contributed by atoms with Crippen molar-refractivity contribution < 1.29 is 4.79 Å². The molecule has 3 nitrogen and oxygen atoms in total. The first-order valence-electron chi connectivity index (χ1n) is 5.46. The molecule has 0 saturated carbocycles. The Hall–Kier alpha value is -0.580. The van der Waals surface area contributed by atoms with Crippen molar-refractivity contribution in [1.82, 2.24) is 10.2 Å². The van der Waals surface area contributed by atoms with Gasteiger partial charge >= 0.3 is 0 Å². The molecule has 1 aromatic rings. The van der Waals surface area contributed by atoms with E-state index in [1.807, 2.05) is 29.2 Å². The van der Waals surface area contributed by atoms with Crippen LogP contribution in [0.1, 0.15) is 17.3 Å². The number of amides is 1. The van der Waals surface area contributed by atoms with Crippen LogP contribution in [0.4, 0.5) is 0 Å². The summed E-state index contributed by atoms with van der Waals surface area (Å²) in [5.41, 5.74) is 0.761. The molecule has 2 rings (SSSR count). The minimum Gasteiger partial charge on any atom is -0.333 e. The van der Waals surface area contributed by atoms with Crippen molar-refractivity contribution in [1.29, 1.82) is 0 Å². The van der Waals surface area contributed by atoms with E-state index in [1.165, 1.54) is 0 Å². The normalized spacial score (nSPS) is 19.6. The quantitative estimate of drug-likeness (QED) is 0.861. The van der Waals surface area contributed by atoms with Gasteiger partial charge in [0.1, 0.15) is 0 Å². The third kappa shape index (κ3) is 3.44. The Labute approximate surface area is 116 Å². The zero-order chi connectivity index (χ0) is 11.5. The van der Waals surface area contributed by atoms with Crippen LogP contribution in [0, 0.1) is 0 Å². The number of nitrogens with one attached hydrogen (secondary N) is 1. The molecule has 0 spiro atoms. The summed E-state index contributed by atoms with van der Waals surface area (Å²) >= 11 is 3.37. The molecule has 1 amide bonds. The Kier molecular flexibility index (Phi) is 5.43. The minimum absolute atomic E-state index is 0. The molecule has 1 aromatic carbocycles. The average molecular weight is 320 g/mol. The van der Waals surface area contributed by atoms with Crippen LogP contribution in [0.2, 0.25) is 0 Å². The molecule has 1 unspecified atom stereocenters. The van der Waals surface area contributed by atoms with Gasteiger partial charge in [-0.3, -0.25) is 4.79 Å². The summed E-state index contributed by atoms with van der Waals surface area (Å²) in [4.78, 5) is 14.1. The van der Waals surface area contributed by atoms with E-state index in [4.69, 9.17) is 0 Å². The van der Waals surface area contributed by atoms with Crippen molar-refractivity contribution in [2.45, 2.75) is 13.0 Å². The number of benzene rings is 1. The van der Waals surface area contributed by atoms with Crippen molar-refractivity contribution in [3.63, 3.8) is 0 Å². The lowest BCUT2D eigenvalue weighted by Gasteiger charge is -2.34. The maximum absolute atomic E-state index is 12.2. The van der Waals surface area contributed by atoms with Gasteiger partial charge in [-0.05, 0) is 31.2 Å². The fourth-order valence-electron chi connectivity index (χ4n) is 1.90. The fraction of sp³-hybridized carbons (Fsp3) is 0.417. The molecule has 94 valence electrons. The van der Waals surface area contributed by atoms with Gasteiger partial charge in [-0.2, -0.15) is 0 Å². The Morgan fingerprint density at radius 3 is 2.65 bits per heavy atom. The predicted molar refractivity (Wildman–Crippen MR) is 74.8 cm³/mol. The summed E-state index contributed by atoms with van der Waals surface area (Å²) in [5, 5.41) is 3.28. The van der Waals surface area contributed by atoms with Gasteiger partial charge in [-0.1, -0.05) is 15.9 Å². The van der Waals surface area contributed by atoms with Crippen LogP contribution in [0.3, 0.4) is 0 Å². The summed E-state index contributed by atoms with van der Waals surface area (Å²) in [6, 6.07) is 7.80. The van der Waals surface area contributed by atoms with E-state index in [9.17, 15) is 4.79 Å². The van der Waals surface area contributed by atoms with E-state index in [0.717, 1.165) is 29.7 Å². The molecule has 1 aliphatic heterocycles. The van der Waals surface area contributed by atoms with Crippen LogP contribution in [0.25, 0.3) is 0 Å². The third-order valence-electron chi connectivity index (χ3n) is 2.85. The Bertz CT molecular complexity index is 383. The Morgan fingerprint density at radius 2 is 2.06 bits per heavy atom. The van der Waals surface area contributed by atoms with E-state index < -0.39 is 0 Å². The molecule has 17 heavy (non-hydrogen) atoms. The van der Waals surface area contributed by atoms with Crippen LogP contribution < -0.4 is 5.32 Å². The maximum Gasteiger partial charge on any atom is 0.254 e. The van der Waals surface area contributed by atoms with Crippen molar-refractivity contribution in [3.8, 4) is 0 Å². The number of carbonyl (C=O) groups is 1. The standard InChI is InChI=1S/C12H15BrN2O.ClH/c1-9-8-14-6-7-15(9)12(16)10-2-4-11(13)5-3-10;/h2-5,9,14H,6-8H2,1H3;1H. The second-order valence-electron chi connectivity index (χ2n) is 4.06. The number of hydrogen-bond donors (Lipinski definition) is 1. The molecule has 1 atom stereocenters. The number of carbonyl (C=O) groups excluding carboxylic acids is 1. The molecule has 1 heterocycles. The first kappa shape index (κ1) is 14.5. The molecular formula is C12H16BrClN2O. The molecule has 1 fully saturated rings. The highest BCUT2D eigenvalue weighted by Crippen LogP contribution is 2.14. The van der Waals surface area contributed by atoms with E-state index in [0.29, 0.717) is 0 Å². The summed E-state index contributed by atoms with van der Waals surface area (Å²) in [7, 11) is 0. The van der Waals surface area contributed by atoms with Crippen molar-refractivity contribution in [2.75, 3.05) is 19.6 Å². The highest BCUT2D eigenvalue weighted by Gasteiger charge is 2.23. The molecule has 0 bridgehead atoms. The van der Waals surface area contributed by atoms with Gasteiger partial charge in [0.2, 0.25) is 0 Å². The van der Waals surface area contributed by atoms with Crippen molar-refractivity contribution in [3.05, 3.63) is 34.3 Å². The predicted octanol–water partition coefficient (Wildman–Crippen LogP) is 2.30. The Balaban J connectivity index is 0.00000144. The molecule has 0 radical (unpaired) electrons. The lowest BCUT2D eigenvalue weighted by Crippen LogP contribution is -2.52. The van der Waals surface area contributed by atoms with Gasteiger partial charge in [0.25, 0.3) is 5.91 Å². The first-order chi connectivity index (χ1) is 7.68. The summed E-state index contributed by atoms with van der Waals surface area (Å²) < 4.78 is 0.998. The molecule has 1 aliphatic rings. The Morgan fingerprint density at radius 1 is 1.41 bits per heavy atom. The van der Waals surface area contributed by atoms with Gasteiger partial charge in [0.05, 0.1) is 0 Å². The van der Waals surface area contributed by atoms with Crippen LogP contribution in [-0.4, -0.2) is 36.5 Å². The first-order valence-corrected chi connectivity index (χ1v) is 6.25. The van der Waals surface area contributed by atoms with E-state index in [-0.39, 0.29) is 24.4 Å². The smallest absolute Gasteiger partial charge is 0.254 e. The second kappa shape index (κ2) is 6.38. The summed E-state index contributed by atoms with van der Waals surface area (Å²) in [6.07, 6.45) is 0. The number of halogens is 2. The largest absolute Gasteiger partial charge is 0.333 e. The topological polar surface area (TPSA) is 32.3 Å². The average Bonchev–Trinajstić information content (AvgIpc) is 2.30. The van der Waals surface area contributed by atoms with E-state index in [2.05, 4.69) is 28.2 Å². The van der Waals surface area contributed by atoms with Crippen molar-refractivity contribution >= 4 is 34.2 Å². The molecule has 0 aliphatic carbocycles. The number of hydrogen-bond acceptors (Lipinski definition) is 2. The summed E-state index contributed by atoms with van der Waals surface area (Å²) in [6.45, 7) is 4.62. The molecular weight excluding hydrogens is 304 g/mol. The minimum atomic E-state index is 0. The maximum atomic E-state index is 12.2. The lowest BCUT2D eigenvalue weighted by molar-refractivity contribution is 0.0656. The van der Waals surface area contributed by atoms with Gasteiger partial charge in [0, 0.05) is 35.7 Å². The van der Waals surface area contributed by atoms with Crippen LogP contribution in [0.15, 0.2) is 28.7 Å². The molecule has 0 aromatic heterocycles. The van der Waals surface area contributed by atoms with E-state index >= 15 is 0 Å². The van der Waals surface area contributed by atoms with Gasteiger partial charge in [0.15, 0.2) is 0 Å². The molecule has 1 saturated heterocycles. The SMILES string of the molecule is CC1CNCCN1C(=O)c1ccc(Br)cc1.Cl. The lowest BCUT2D eigenvalue weighted by atomic mass is 10.1. The molecule has 1 N–H and O–H groups in total. The second-order valence-corrected chi connectivity index (χ2v) is 4.97. The zero-order valence-electron chi connectivity index (χ0n) is 9.65. The number of nitrogens with zero attached hydrogens (tertiary/aromatic N) is 1. The highest BCUT2D eigenvalue weighted by atomic mass is 79.9. The van der Waals surface area contributed by atoms with Crippen LogP contribution in [0.5, 0.6) is 0 Å². The van der Waals surface area contributed by atoms with E-state index in [1.54, 1.807) is 0 Å². The van der Waals surface area contributed by atoms with Crippen LogP contribution in [-0.2, 0) is 0 Å². The third-order valence-corrected chi connectivity index (χ3v) is 3.38. The number of rotatable bonds is 1. The highest BCUT2D eigenvalue weighted by molar-refractivity contribution is 9.10. The zero-order valence-corrected chi connectivity index (χ0v) is 12.1. The fourth-order valence-corrected chi connectivity index (χ4v) is 2.17. The number of piperazine rings is 1. The van der Waals surface area contributed by atoms with Gasteiger partial charge in [-0.15, -0.1) is 12.4 Å². The van der Waals surface area contributed by atoms with Crippen molar-refractivity contribution in [2.24, 2.45) is 0 Å². The van der Waals surface area contributed by atoms with Gasteiger partial charge < -0.3 is 10.2 Å². The summed E-state index contributed by atoms with van der Waals surface area (Å²) in [5.74, 6) is 0.126.